The lowest BCUT2D eigenvalue weighted by molar-refractivity contribution is -0.182. The molecule has 0 amide bonds. The van der Waals surface area contributed by atoms with Crippen molar-refractivity contribution in [3.8, 4) is 0 Å². The predicted octanol–water partition coefficient (Wildman–Crippen LogP) is 3.30. The highest BCUT2D eigenvalue weighted by atomic mass is 16.7. The topological polar surface area (TPSA) is 18.5 Å². The van der Waals surface area contributed by atoms with Crippen molar-refractivity contribution in [2.75, 3.05) is 13.2 Å². The molecular weight excluding hydrogens is 200 g/mol. The Morgan fingerprint density at radius 3 is 2.56 bits per heavy atom. The summed E-state index contributed by atoms with van der Waals surface area (Å²) in [4.78, 5) is 0. The predicted molar refractivity (Wildman–Crippen MR) is 65.1 cm³/mol. The van der Waals surface area contributed by atoms with Crippen LogP contribution in [0.25, 0.3) is 0 Å². The Kier molecular flexibility index (Phi) is 4.61. The van der Waals surface area contributed by atoms with E-state index in [1.54, 1.807) is 0 Å². The van der Waals surface area contributed by atoms with Crippen molar-refractivity contribution in [2.24, 2.45) is 11.8 Å². The highest BCUT2D eigenvalue weighted by molar-refractivity contribution is 5.17. The molecule has 1 unspecified atom stereocenters. The van der Waals surface area contributed by atoms with Crippen molar-refractivity contribution in [2.45, 2.75) is 38.9 Å². The highest BCUT2D eigenvalue weighted by Crippen LogP contribution is 2.23. The van der Waals surface area contributed by atoms with Crippen LogP contribution in [-0.2, 0) is 9.47 Å². The van der Waals surface area contributed by atoms with Crippen LogP contribution in [0.2, 0.25) is 0 Å². The first-order valence-corrected chi connectivity index (χ1v) is 6.43. The van der Waals surface area contributed by atoms with E-state index < -0.39 is 0 Å². The summed E-state index contributed by atoms with van der Waals surface area (Å²) in [6.45, 7) is 4.06. The molecule has 0 aromatic heterocycles. The van der Waals surface area contributed by atoms with E-state index in [0.717, 1.165) is 32.0 Å². The normalized spacial score (nSPS) is 24.1. The lowest BCUT2D eigenvalue weighted by Crippen LogP contribution is -2.25. The van der Waals surface area contributed by atoms with Crippen LogP contribution in [-0.4, -0.2) is 19.5 Å². The van der Waals surface area contributed by atoms with Gasteiger partial charge in [-0.2, -0.15) is 0 Å². The van der Waals surface area contributed by atoms with Crippen molar-refractivity contribution in [3.63, 3.8) is 0 Å². The quantitative estimate of drug-likeness (QED) is 0.710. The summed E-state index contributed by atoms with van der Waals surface area (Å²) in [6.07, 6.45) is 13.4. The van der Waals surface area contributed by atoms with Crippen LogP contribution in [0.4, 0.5) is 0 Å². The summed E-state index contributed by atoms with van der Waals surface area (Å²) in [5, 5.41) is 0. The fourth-order valence-electron chi connectivity index (χ4n) is 2.34. The number of ether oxygens (including phenoxy) is 2. The van der Waals surface area contributed by atoms with Crippen LogP contribution in [0.15, 0.2) is 24.3 Å². The van der Waals surface area contributed by atoms with E-state index in [-0.39, 0.29) is 6.29 Å². The third kappa shape index (κ3) is 3.76. The molecule has 1 aliphatic heterocycles. The molecule has 0 spiro atoms. The summed E-state index contributed by atoms with van der Waals surface area (Å²) in [5.74, 6) is 1.40. The van der Waals surface area contributed by atoms with Gasteiger partial charge >= 0.3 is 0 Å². The first-order valence-electron chi connectivity index (χ1n) is 6.43. The summed E-state index contributed by atoms with van der Waals surface area (Å²) < 4.78 is 11.1. The molecule has 1 fully saturated rings. The molecule has 2 heteroatoms. The molecule has 1 atom stereocenters. The van der Waals surface area contributed by atoms with Gasteiger partial charge in [-0.25, -0.2) is 0 Å². The molecular formula is C14H22O2. The third-order valence-corrected chi connectivity index (χ3v) is 3.29. The molecule has 0 saturated carbocycles. The number of hydrogen-bond donors (Lipinski definition) is 0. The minimum atomic E-state index is 0.0610. The molecule has 1 aliphatic carbocycles. The molecule has 0 aromatic carbocycles. The van der Waals surface area contributed by atoms with Gasteiger partial charge < -0.3 is 9.47 Å². The van der Waals surface area contributed by atoms with E-state index in [1.165, 1.54) is 12.8 Å². The molecule has 90 valence electrons. The Hall–Kier alpha value is -0.600. The number of hydrogen-bond acceptors (Lipinski definition) is 2. The van der Waals surface area contributed by atoms with Crippen molar-refractivity contribution >= 4 is 0 Å². The van der Waals surface area contributed by atoms with E-state index in [1.807, 2.05) is 0 Å². The summed E-state index contributed by atoms with van der Waals surface area (Å²) in [5.41, 5.74) is 0. The fourth-order valence-corrected chi connectivity index (χ4v) is 2.34. The van der Waals surface area contributed by atoms with E-state index in [2.05, 4.69) is 31.2 Å². The van der Waals surface area contributed by atoms with E-state index >= 15 is 0 Å². The maximum Gasteiger partial charge on any atom is 0.157 e. The first-order chi connectivity index (χ1) is 7.84. The van der Waals surface area contributed by atoms with Crippen LogP contribution < -0.4 is 0 Å². The van der Waals surface area contributed by atoms with Gasteiger partial charge in [0.1, 0.15) is 0 Å². The Morgan fingerprint density at radius 1 is 1.19 bits per heavy atom. The van der Waals surface area contributed by atoms with Crippen LogP contribution in [0.1, 0.15) is 32.6 Å². The second-order valence-corrected chi connectivity index (χ2v) is 4.88. The maximum absolute atomic E-state index is 5.55. The minimum absolute atomic E-state index is 0.0610. The molecule has 0 N–H and O–H groups in total. The van der Waals surface area contributed by atoms with Crippen molar-refractivity contribution in [1.29, 1.82) is 0 Å². The third-order valence-electron chi connectivity index (χ3n) is 3.29. The minimum Gasteiger partial charge on any atom is -0.353 e. The van der Waals surface area contributed by atoms with E-state index in [0.29, 0.717) is 5.92 Å². The lowest BCUT2D eigenvalue weighted by atomic mass is 9.93. The molecule has 0 radical (unpaired) electrons. The zero-order chi connectivity index (χ0) is 11.2. The van der Waals surface area contributed by atoms with Gasteiger partial charge in [-0.3, -0.25) is 0 Å². The van der Waals surface area contributed by atoms with E-state index in [4.69, 9.17) is 9.47 Å². The summed E-state index contributed by atoms with van der Waals surface area (Å²) >= 11 is 0. The Balaban J connectivity index is 1.61. The van der Waals surface area contributed by atoms with Crippen LogP contribution in [0, 0.1) is 11.8 Å². The molecule has 16 heavy (non-hydrogen) atoms. The van der Waals surface area contributed by atoms with Crippen LogP contribution in [0.5, 0.6) is 0 Å². The zero-order valence-electron chi connectivity index (χ0n) is 10.1. The van der Waals surface area contributed by atoms with Crippen molar-refractivity contribution in [1.82, 2.24) is 0 Å². The molecule has 1 heterocycles. The standard InChI is InChI=1S/C14H22O2/c1-12(11-13-5-2-3-6-13)7-8-14-15-9-4-10-16-14/h2-3,5-6,12-14H,4,7-11H2,1H3. The monoisotopic (exact) mass is 222 g/mol. The first kappa shape index (κ1) is 11.9. The van der Waals surface area contributed by atoms with Crippen LogP contribution >= 0.6 is 0 Å². The average Bonchev–Trinajstić information content (AvgIpc) is 2.81. The highest BCUT2D eigenvalue weighted by Gasteiger charge is 2.16. The molecule has 0 aromatic rings. The molecule has 2 aliphatic rings. The Labute approximate surface area is 98.3 Å². The van der Waals surface area contributed by atoms with Gasteiger partial charge in [-0.05, 0) is 37.5 Å². The molecule has 0 bridgehead atoms. The number of allylic oxidation sites excluding steroid dienone is 4. The van der Waals surface area contributed by atoms with Gasteiger partial charge in [0.25, 0.3) is 0 Å². The summed E-state index contributed by atoms with van der Waals surface area (Å²) in [6, 6.07) is 0. The fraction of sp³-hybridized carbons (Fsp3) is 0.714. The number of rotatable bonds is 5. The van der Waals surface area contributed by atoms with Gasteiger partial charge in [0.2, 0.25) is 0 Å². The van der Waals surface area contributed by atoms with Gasteiger partial charge in [0.05, 0.1) is 13.2 Å². The van der Waals surface area contributed by atoms with Crippen molar-refractivity contribution in [3.05, 3.63) is 24.3 Å². The smallest absolute Gasteiger partial charge is 0.157 e. The zero-order valence-corrected chi connectivity index (χ0v) is 10.1. The van der Waals surface area contributed by atoms with Gasteiger partial charge in [0.15, 0.2) is 6.29 Å². The second kappa shape index (κ2) is 6.21. The van der Waals surface area contributed by atoms with Gasteiger partial charge in [-0.15, -0.1) is 0 Å². The Bertz CT molecular complexity index is 239. The maximum atomic E-state index is 5.55. The average molecular weight is 222 g/mol. The molecule has 2 rings (SSSR count). The second-order valence-electron chi connectivity index (χ2n) is 4.88. The molecule has 1 saturated heterocycles. The van der Waals surface area contributed by atoms with Gasteiger partial charge in [0, 0.05) is 0 Å². The van der Waals surface area contributed by atoms with Crippen LogP contribution in [0.3, 0.4) is 0 Å². The Morgan fingerprint density at radius 2 is 1.88 bits per heavy atom. The SMILES string of the molecule is CC(CCC1OCCCO1)CC1C=CC=C1. The lowest BCUT2D eigenvalue weighted by Gasteiger charge is -2.24. The largest absolute Gasteiger partial charge is 0.353 e. The summed E-state index contributed by atoms with van der Waals surface area (Å²) in [7, 11) is 0. The molecule has 2 nitrogen and oxygen atoms in total. The van der Waals surface area contributed by atoms with E-state index in [9.17, 15) is 0 Å². The van der Waals surface area contributed by atoms with Crippen molar-refractivity contribution < 1.29 is 9.47 Å². The van der Waals surface area contributed by atoms with Gasteiger partial charge in [-0.1, -0.05) is 31.2 Å².